The summed E-state index contributed by atoms with van der Waals surface area (Å²) in [6.45, 7) is 0. The topological polar surface area (TPSA) is 80.4 Å². The average molecular weight is 335 g/mol. The molecule has 1 aliphatic rings. The first kappa shape index (κ1) is 16.2. The second-order valence-corrected chi connectivity index (χ2v) is 8.43. The third-order valence-electron chi connectivity index (χ3n) is 4.26. The van der Waals surface area contributed by atoms with Gasteiger partial charge in [-0.05, 0) is 12.8 Å². The number of aromatic nitrogens is 1. The normalized spacial score (nSPS) is 18.0. The van der Waals surface area contributed by atoms with Crippen LogP contribution in [0.5, 0.6) is 0 Å². The van der Waals surface area contributed by atoms with Gasteiger partial charge >= 0.3 is 0 Å². The van der Waals surface area contributed by atoms with Gasteiger partial charge in [-0.3, -0.25) is 0 Å². The summed E-state index contributed by atoms with van der Waals surface area (Å²) in [4.78, 5) is 0. The Morgan fingerprint density at radius 3 is 2.52 bits per heavy atom. The van der Waals surface area contributed by atoms with Crippen molar-refractivity contribution in [3.05, 3.63) is 42.1 Å². The molecule has 0 amide bonds. The molecule has 1 saturated carbocycles. The van der Waals surface area contributed by atoms with Gasteiger partial charge in [-0.1, -0.05) is 54.8 Å². The van der Waals surface area contributed by atoms with Gasteiger partial charge in [-0.25, -0.2) is 8.42 Å². The van der Waals surface area contributed by atoms with Crippen LogP contribution in [0.25, 0.3) is 11.3 Å². The van der Waals surface area contributed by atoms with Crippen LogP contribution in [0.4, 0.5) is 0 Å². The molecule has 1 aromatic carbocycles. The Labute approximate surface area is 136 Å². The highest BCUT2D eigenvalue weighted by Crippen LogP contribution is 2.30. The fraction of sp³-hybridized carbons (Fsp3) is 0.471. The SMILES string of the molecule is O=S(=O)(Cc1cc(-c2ccccc2)on1)CC1(O)CCCCC1. The molecule has 1 aromatic heterocycles. The van der Waals surface area contributed by atoms with E-state index in [2.05, 4.69) is 5.16 Å². The van der Waals surface area contributed by atoms with Gasteiger partial charge in [0.15, 0.2) is 15.6 Å². The van der Waals surface area contributed by atoms with E-state index >= 15 is 0 Å². The number of aliphatic hydroxyl groups is 1. The van der Waals surface area contributed by atoms with Crippen molar-refractivity contribution < 1.29 is 18.0 Å². The maximum Gasteiger partial charge on any atom is 0.167 e. The van der Waals surface area contributed by atoms with Crippen LogP contribution in [-0.4, -0.2) is 30.0 Å². The smallest absolute Gasteiger partial charge is 0.167 e. The number of rotatable bonds is 5. The predicted octanol–water partition coefficient (Wildman–Crippen LogP) is 2.95. The zero-order valence-corrected chi connectivity index (χ0v) is 13.8. The molecule has 0 aliphatic heterocycles. The van der Waals surface area contributed by atoms with E-state index in [0.29, 0.717) is 24.3 Å². The van der Waals surface area contributed by atoms with Gasteiger partial charge in [0.1, 0.15) is 0 Å². The summed E-state index contributed by atoms with van der Waals surface area (Å²) in [7, 11) is -3.43. The lowest BCUT2D eigenvalue weighted by atomic mass is 9.86. The van der Waals surface area contributed by atoms with Gasteiger partial charge in [-0.15, -0.1) is 0 Å². The van der Waals surface area contributed by atoms with Crippen molar-refractivity contribution in [2.45, 2.75) is 43.5 Å². The first-order valence-electron chi connectivity index (χ1n) is 7.90. The zero-order chi connectivity index (χ0) is 16.3. The lowest BCUT2D eigenvalue weighted by Crippen LogP contribution is -2.39. The highest BCUT2D eigenvalue weighted by Gasteiger charge is 2.34. The molecule has 0 spiro atoms. The molecule has 0 radical (unpaired) electrons. The van der Waals surface area contributed by atoms with Crippen LogP contribution >= 0.6 is 0 Å². The van der Waals surface area contributed by atoms with Crippen LogP contribution in [0.2, 0.25) is 0 Å². The highest BCUT2D eigenvalue weighted by molar-refractivity contribution is 7.90. The molecule has 1 N–H and O–H groups in total. The van der Waals surface area contributed by atoms with E-state index in [9.17, 15) is 13.5 Å². The summed E-state index contributed by atoms with van der Waals surface area (Å²) in [5.41, 5.74) is 0.154. The van der Waals surface area contributed by atoms with Crippen molar-refractivity contribution >= 4 is 9.84 Å². The van der Waals surface area contributed by atoms with Gasteiger partial charge in [0.25, 0.3) is 0 Å². The molecular weight excluding hydrogens is 314 g/mol. The molecular formula is C17H21NO4S. The predicted molar refractivity (Wildman–Crippen MR) is 87.5 cm³/mol. The monoisotopic (exact) mass is 335 g/mol. The van der Waals surface area contributed by atoms with Crippen molar-refractivity contribution in [1.29, 1.82) is 0 Å². The van der Waals surface area contributed by atoms with Crippen LogP contribution in [0.3, 0.4) is 0 Å². The number of benzene rings is 1. The molecule has 23 heavy (non-hydrogen) atoms. The Balaban J connectivity index is 1.70. The average Bonchev–Trinajstić information content (AvgIpc) is 2.95. The molecule has 6 heteroatoms. The molecule has 1 heterocycles. The fourth-order valence-corrected chi connectivity index (χ4v) is 4.95. The van der Waals surface area contributed by atoms with Gasteiger partial charge < -0.3 is 9.63 Å². The third-order valence-corrected chi connectivity index (χ3v) is 5.97. The summed E-state index contributed by atoms with van der Waals surface area (Å²) in [6.07, 6.45) is 3.94. The second kappa shape index (κ2) is 6.45. The van der Waals surface area contributed by atoms with Crippen LogP contribution in [0.15, 0.2) is 40.9 Å². The Morgan fingerprint density at radius 2 is 1.83 bits per heavy atom. The molecule has 1 aliphatic carbocycles. The van der Waals surface area contributed by atoms with E-state index in [0.717, 1.165) is 24.8 Å². The summed E-state index contributed by atoms with van der Waals surface area (Å²) in [5.74, 6) is 0.145. The summed E-state index contributed by atoms with van der Waals surface area (Å²) < 4.78 is 30.0. The van der Waals surface area contributed by atoms with E-state index in [1.165, 1.54) is 0 Å². The number of sulfone groups is 1. The van der Waals surface area contributed by atoms with Crippen LogP contribution < -0.4 is 0 Å². The van der Waals surface area contributed by atoms with E-state index in [4.69, 9.17) is 4.52 Å². The molecule has 0 atom stereocenters. The quantitative estimate of drug-likeness (QED) is 0.908. The molecule has 124 valence electrons. The minimum Gasteiger partial charge on any atom is -0.389 e. The first-order chi connectivity index (χ1) is 11.0. The Bertz CT molecular complexity index is 746. The van der Waals surface area contributed by atoms with Crippen molar-refractivity contribution in [3.63, 3.8) is 0 Å². The number of hydrogen-bond acceptors (Lipinski definition) is 5. The van der Waals surface area contributed by atoms with E-state index in [-0.39, 0.29) is 11.5 Å². The fourth-order valence-electron chi connectivity index (χ4n) is 3.16. The van der Waals surface area contributed by atoms with Crippen LogP contribution in [0.1, 0.15) is 37.8 Å². The maximum atomic E-state index is 12.4. The minimum atomic E-state index is -3.43. The van der Waals surface area contributed by atoms with E-state index < -0.39 is 15.4 Å². The van der Waals surface area contributed by atoms with Crippen LogP contribution in [0, 0.1) is 0 Å². The van der Waals surface area contributed by atoms with Gasteiger partial charge in [0.2, 0.25) is 0 Å². The minimum absolute atomic E-state index is 0.201. The highest BCUT2D eigenvalue weighted by atomic mass is 32.2. The standard InChI is InChI=1S/C17H21NO4S/c19-17(9-5-2-6-10-17)13-23(20,21)12-15-11-16(22-18-15)14-7-3-1-4-8-14/h1,3-4,7-8,11,19H,2,5-6,9-10,12-13H2. The van der Waals surface area contributed by atoms with Crippen molar-refractivity contribution in [3.8, 4) is 11.3 Å². The summed E-state index contributed by atoms with van der Waals surface area (Å²) in [5, 5.41) is 14.3. The van der Waals surface area contributed by atoms with E-state index in [1.807, 2.05) is 30.3 Å². The molecule has 0 unspecified atom stereocenters. The van der Waals surface area contributed by atoms with Gasteiger partial charge in [0, 0.05) is 11.6 Å². The van der Waals surface area contributed by atoms with E-state index in [1.54, 1.807) is 6.07 Å². The number of nitrogens with zero attached hydrogens (tertiary/aromatic N) is 1. The molecule has 0 bridgehead atoms. The van der Waals surface area contributed by atoms with Crippen molar-refractivity contribution in [2.75, 3.05) is 5.75 Å². The summed E-state index contributed by atoms with van der Waals surface area (Å²) in [6, 6.07) is 11.1. The largest absolute Gasteiger partial charge is 0.389 e. The Morgan fingerprint density at radius 1 is 1.13 bits per heavy atom. The van der Waals surface area contributed by atoms with Gasteiger partial charge in [-0.2, -0.15) is 0 Å². The zero-order valence-electron chi connectivity index (χ0n) is 12.9. The maximum absolute atomic E-state index is 12.4. The Hall–Kier alpha value is -1.66. The first-order valence-corrected chi connectivity index (χ1v) is 9.72. The molecule has 3 rings (SSSR count). The lowest BCUT2D eigenvalue weighted by molar-refractivity contribution is 0.0257. The van der Waals surface area contributed by atoms with Crippen molar-refractivity contribution in [2.24, 2.45) is 0 Å². The summed E-state index contributed by atoms with van der Waals surface area (Å²) >= 11 is 0. The lowest BCUT2D eigenvalue weighted by Gasteiger charge is -2.31. The molecule has 2 aromatic rings. The van der Waals surface area contributed by atoms with Crippen molar-refractivity contribution in [1.82, 2.24) is 5.16 Å². The molecule has 5 nitrogen and oxygen atoms in total. The molecule has 0 saturated heterocycles. The third kappa shape index (κ3) is 4.20. The second-order valence-electron chi connectivity index (χ2n) is 6.37. The van der Waals surface area contributed by atoms with Crippen LogP contribution in [-0.2, 0) is 15.6 Å². The Kier molecular flexibility index (Phi) is 4.55. The number of hydrogen-bond donors (Lipinski definition) is 1. The molecule has 1 fully saturated rings. The van der Waals surface area contributed by atoms with Gasteiger partial charge in [0.05, 0.1) is 22.8 Å².